The molecule has 0 saturated heterocycles. The van der Waals surface area contributed by atoms with Gasteiger partial charge in [-0.1, -0.05) is 18.2 Å². The number of anilines is 2. The predicted molar refractivity (Wildman–Crippen MR) is 112 cm³/mol. The third-order valence-corrected chi connectivity index (χ3v) is 4.44. The average Bonchev–Trinajstić information content (AvgIpc) is 2.74. The molecule has 3 aromatic rings. The number of carbonyl (C=O) groups is 1. The molecule has 150 valence electrons. The minimum atomic E-state index is -0.300. The van der Waals surface area contributed by atoms with Crippen molar-refractivity contribution in [3.05, 3.63) is 71.2 Å². The Labute approximate surface area is 170 Å². The summed E-state index contributed by atoms with van der Waals surface area (Å²) in [6, 6.07) is 11.6. The Kier molecular flexibility index (Phi) is 6.29. The lowest BCUT2D eigenvalue weighted by atomic mass is 10.1. The molecule has 0 atom stereocenters. The molecule has 1 heterocycles. The number of benzene rings is 2. The molecule has 2 aromatic carbocycles. The molecule has 2 N–H and O–H groups in total. The van der Waals surface area contributed by atoms with Crippen molar-refractivity contribution in [2.75, 3.05) is 19.5 Å². The van der Waals surface area contributed by atoms with E-state index in [1.807, 2.05) is 38.1 Å². The van der Waals surface area contributed by atoms with Crippen LogP contribution in [0.3, 0.4) is 0 Å². The third kappa shape index (κ3) is 5.01. The van der Waals surface area contributed by atoms with Crippen LogP contribution in [-0.2, 0) is 6.54 Å². The Hall–Kier alpha value is -3.61. The van der Waals surface area contributed by atoms with Crippen LogP contribution in [0.2, 0.25) is 0 Å². The van der Waals surface area contributed by atoms with E-state index in [1.165, 1.54) is 6.20 Å². The Morgan fingerprint density at radius 2 is 1.76 bits per heavy atom. The topological polar surface area (TPSA) is 85.4 Å². The molecule has 0 fully saturated rings. The van der Waals surface area contributed by atoms with Crippen molar-refractivity contribution in [3.8, 4) is 11.5 Å². The molecular weight excluding hydrogens is 368 g/mol. The molecule has 3 rings (SSSR count). The van der Waals surface area contributed by atoms with Gasteiger partial charge in [-0.05, 0) is 48.7 Å². The SMILES string of the molecule is COc1ccc(CNC(=O)c2cnc(Nc3cc(C)ccc3C)cn2)cc1OC. The van der Waals surface area contributed by atoms with Gasteiger partial charge in [0.15, 0.2) is 11.5 Å². The van der Waals surface area contributed by atoms with Gasteiger partial charge in [0.25, 0.3) is 5.91 Å². The number of ether oxygens (including phenoxy) is 2. The van der Waals surface area contributed by atoms with Gasteiger partial charge in [-0.2, -0.15) is 0 Å². The van der Waals surface area contributed by atoms with Crippen LogP contribution in [0.5, 0.6) is 11.5 Å². The molecule has 29 heavy (non-hydrogen) atoms. The van der Waals surface area contributed by atoms with Gasteiger partial charge in [-0.3, -0.25) is 4.79 Å². The normalized spacial score (nSPS) is 10.3. The first-order valence-corrected chi connectivity index (χ1v) is 9.15. The minimum Gasteiger partial charge on any atom is -0.493 e. The van der Waals surface area contributed by atoms with Gasteiger partial charge in [-0.15, -0.1) is 0 Å². The highest BCUT2D eigenvalue weighted by Gasteiger charge is 2.10. The molecular formula is C22H24N4O3. The molecule has 0 bridgehead atoms. The number of nitrogens with one attached hydrogen (secondary N) is 2. The Bertz CT molecular complexity index is 1000. The predicted octanol–water partition coefficient (Wildman–Crippen LogP) is 3.78. The summed E-state index contributed by atoms with van der Waals surface area (Å²) < 4.78 is 10.5. The first kappa shape index (κ1) is 20.1. The van der Waals surface area contributed by atoms with Crippen LogP contribution in [0.25, 0.3) is 0 Å². The van der Waals surface area contributed by atoms with E-state index in [-0.39, 0.29) is 11.6 Å². The lowest BCUT2D eigenvalue weighted by molar-refractivity contribution is 0.0945. The van der Waals surface area contributed by atoms with Crippen LogP contribution in [0.15, 0.2) is 48.8 Å². The van der Waals surface area contributed by atoms with E-state index in [1.54, 1.807) is 26.5 Å². The van der Waals surface area contributed by atoms with Crippen LogP contribution < -0.4 is 20.1 Å². The smallest absolute Gasteiger partial charge is 0.271 e. The molecule has 7 heteroatoms. The van der Waals surface area contributed by atoms with Gasteiger partial charge in [-0.25, -0.2) is 9.97 Å². The summed E-state index contributed by atoms with van der Waals surface area (Å²) in [5.41, 5.74) is 4.35. The number of methoxy groups -OCH3 is 2. The van der Waals surface area contributed by atoms with E-state index < -0.39 is 0 Å². The number of amides is 1. The number of aromatic nitrogens is 2. The lowest BCUT2D eigenvalue weighted by Gasteiger charge is -2.11. The minimum absolute atomic E-state index is 0.247. The zero-order valence-corrected chi connectivity index (χ0v) is 16.9. The molecule has 0 saturated carbocycles. The fourth-order valence-corrected chi connectivity index (χ4v) is 2.78. The van der Waals surface area contributed by atoms with Gasteiger partial charge in [0.05, 0.1) is 26.6 Å². The highest BCUT2D eigenvalue weighted by molar-refractivity contribution is 5.92. The number of rotatable bonds is 7. The van der Waals surface area contributed by atoms with E-state index in [2.05, 4.69) is 26.7 Å². The zero-order chi connectivity index (χ0) is 20.8. The molecule has 0 aliphatic carbocycles. The van der Waals surface area contributed by atoms with Crippen molar-refractivity contribution in [2.45, 2.75) is 20.4 Å². The van der Waals surface area contributed by atoms with Gasteiger partial charge in [0.1, 0.15) is 11.5 Å². The average molecular weight is 392 g/mol. The second-order valence-electron chi connectivity index (χ2n) is 6.60. The third-order valence-electron chi connectivity index (χ3n) is 4.44. The maximum Gasteiger partial charge on any atom is 0.271 e. The van der Waals surface area contributed by atoms with Gasteiger partial charge in [0.2, 0.25) is 0 Å². The van der Waals surface area contributed by atoms with Gasteiger partial charge >= 0.3 is 0 Å². The number of hydrogen-bond donors (Lipinski definition) is 2. The van der Waals surface area contributed by atoms with Crippen LogP contribution >= 0.6 is 0 Å². The Morgan fingerprint density at radius 1 is 0.966 bits per heavy atom. The standard InChI is InChI=1S/C22H24N4O3/c1-14-5-6-15(2)17(9-14)26-21-13-23-18(12-24-21)22(27)25-11-16-7-8-19(28-3)20(10-16)29-4/h5-10,12-13H,11H2,1-4H3,(H,24,26)(H,25,27). The fraction of sp³-hybridized carbons (Fsp3) is 0.227. The summed E-state index contributed by atoms with van der Waals surface area (Å²) in [6.45, 7) is 4.39. The molecule has 0 radical (unpaired) electrons. The molecule has 0 aliphatic rings. The van der Waals surface area contributed by atoms with Crippen molar-refractivity contribution in [2.24, 2.45) is 0 Å². The second kappa shape index (κ2) is 9.05. The van der Waals surface area contributed by atoms with E-state index in [4.69, 9.17) is 9.47 Å². The maximum absolute atomic E-state index is 12.4. The van der Waals surface area contributed by atoms with Crippen LogP contribution in [-0.4, -0.2) is 30.1 Å². The summed E-state index contributed by atoms with van der Waals surface area (Å²) in [5, 5.41) is 6.06. The maximum atomic E-state index is 12.4. The van der Waals surface area contributed by atoms with Gasteiger partial charge < -0.3 is 20.1 Å². The first-order valence-electron chi connectivity index (χ1n) is 9.15. The number of aryl methyl sites for hydroxylation is 2. The summed E-state index contributed by atoms with van der Waals surface area (Å²) in [6.07, 6.45) is 3.00. The fourth-order valence-electron chi connectivity index (χ4n) is 2.78. The number of hydrogen-bond acceptors (Lipinski definition) is 6. The van der Waals surface area contributed by atoms with Gasteiger partial charge in [0, 0.05) is 12.2 Å². The largest absolute Gasteiger partial charge is 0.493 e. The molecule has 0 unspecified atom stereocenters. The second-order valence-corrected chi connectivity index (χ2v) is 6.60. The lowest BCUT2D eigenvalue weighted by Crippen LogP contribution is -2.24. The van der Waals surface area contributed by atoms with E-state index >= 15 is 0 Å². The highest BCUT2D eigenvalue weighted by atomic mass is 16.5. The molecule has 1 amide bonds. The van der Waals surface area contributed by atoms with Crippen molar-refractivity contribution in [1.29, 1.82) is 0 Å². The van der Waals surface area contributed by atoms with Crippen molar-refractivity contribution in [3.63, 3.8) is 0 Å². The number of nitrogens with zero attached hydrogens (tertiary/aromatic N) is 2. The quantitative estimate of drug-likeness (QED) is 0.636. The molecule has 1 aromatic heterocycles. The van der Waals surface area contributed by atoms with Crippen molar-refractivity contribution >= 4 is 17.4 Å². The van der Waals surface area contributed by atoms with Crippen molar-refractivity contribution < 1.29 is 14.3 Å². The van der Waals surface area contributed by atoms with Crippen LogP contribution in [0.4, 0.5) is 11.5 Å². The van der Waals surface area contributed by atoms with Crippen LogP contribution in [0, 0.1) is 13.8 Å². The monoisotopic (exact) mass is 392 g/mol. The van der Waals surface area contributed by atoms with Crippen molar-refractivity contribution in [1.82, 2.24) is 15.3 Å². The zero-order valence-electron chi connectivity index (χ0n) is 16.9. The molecule has 0 aliphatic heterocycles. The van der Waals surface area contributed by atoms with Crippen LogP contribution in [0.1, 0.15) is 27.2 Å². The molecule has 7 nitrogen and oxygen atoms in total. The Balaban J connectivity index is 1.62. The number of carbonyl (C=O) groups excluding carboxylic acids is 1. The Morgan fingerprint density at radius 3 is 2.45 bits per heavy atom. The highest BCUT2D eigenvalue weighted by Crippen LogP contribution is 2.27. The van der Waals surface area contributed by atoms with E-state index in [9.17, 15) is 4.79 Å². The van der Waals surface area contributed by atoms with E-state index in [0.717, 1.165) is 22.4 Å². The molecule has 0 spiro atoms. The summed E-state index contributed by atoms with van der Waals surface area (Å²) in [7, 11) is 3.15. The van der Waals surface area contributed by atoms with E-state index in [0.29, 0.717) is 23.9 Å². The summed E-state index contributed by atoms with van der Waals surface area (Å²) in [4.78, 5) is 20.9. The summed E-state index contributed by atoms with van der Waals surface area (Å²) in [5.74, 6) is 1.53. The first-order chi connectivity index (χ1) is 14.0. The summed E-state index contributed by atoms with van der Waals surface area (Å²) >= 11 is 0.